The largest absolute Gasteiger partial charge is 0.344 e. The highest BCUT2D eigenvalue weighted by Crippen LogP contribution is 2.26. The molecule has 2 amide bonds. The number of nitrogens with zero attached hydrogens (tertiary/aromatic N) is 1. The van der Waals surface area contributed by atoms with Crippen LogP contribution in [-0.4, -0.2) is 28.8 Å². The summed E-state index contributed by atoms with van der Waals surface area (Å²) in [5.74, 6) is -0.0263. The highest BCUT2D eigenvalue weighted by atomic mass is 79.9. The van der Waals surface area contributed by atoms with E-state index in [2.05, 4.69) is 21.2 Å². The Labute approximate surface area is 125 Å². The summed E-state index contributed by atoms with van der Waals surface area (Å²) in [6.45, 7) is 4.40. The van der Waals surface area contributed by atoms with Crippen LogP contribution in [0.1, 0.15) is 31.6 Å². The lowest BCUT2D eigenvalue weighted by atomic mass is 10.1. The topological polar surface area (TPSA) is 49.4 Å². The first-order chi connectivity index (χ1) is 9.02. The second kappa shape index (κ2) is 6.05. The summed E-state index contributed by atoms with van der Waals surface area (Å²) in [6.07, 6.45) is 0.991. The van der Waals surface area contributed by atoms with Crippen molar-refractivity contribution in [2.75, 3.05) is 0 Å². The molecule has 0 aliphatic carbocycles. The molecule has 2 heterocycles. The van der Waals surface area contributed by atoms with E-state index in [1.807, 2.05) is 30.2 Å². The van der Waals surface area contributed by atoms with E-state index in [0.29, 0.717) is 19.4 Å². The quantitative estimate of drug-likeness (QED) is 0.915. The molecule has 6 heteroatoms. The Balaban J connectivity index is 2.22. The second-order valence-corrected chi connectivity index (χ2v) is 6.59. The van der Waals surface area contributed by atoms with Crippen LogP contribution in [0.3, 0.4) is 0 Å². The van der Waals surface area contributed by atoms with E-state index in [4.69, 9.17) is 0 Å². The highest BCUT2D eigenvalue weighted by Gasteiger charge is 2.33. The maximum absolute atomic E-state index is 12.5. The summed E-state index contributed by atoms with van der Waals surface area (Å²) < 4.78 is 1.02. The Bertz CT molecular complexity index is 489. The SMILES string of the molecule is CCC1NC(=O)CC(C)N(Cc2sccc2Br)C1=O. The fourth-order valence-corrected chi connectivity index (χ4v) is 3.69. The lowest BCUT2D eigenvalue weighted by molar-refractivity contribution is -0.135. The Morgan fingerprint density at radius 1 is 1.53 bits per heavy atom. The maximum Gasteiger partial charge on any atom is 0.245 e. The van der Waals surface area contributed by atoms with Crippen molar-refractivity contribution in [3.8, 4) is 0 Å². The third-order valence-corrected chi connectivity index (χ3v) is 5.25. The monoisotopic (exact) mass is 344 g/mol. The van der Waals surface area contributed by atoms with Gasteiger partial charge in [-0.15, -0.1) is 11.3 Å². The first-order valence-electron chi connectivity index (χ1n) is 6.34. The number of rotatable bonds is 3. The van der Waals surface area contributed by atoms with Gasteiger partial charge in [0.15, 0.2) is 0 Å². The van der Waals surface area contributed by atoms with Crippen LogP contribution in [-0.2, 0) is 16.1 Å². The van der Waals surface area contributed by atoms with Gasteiger partial charge in [-0.1, -0.05) is 6.92 Å². The zero-order valence-corrected chi connectivity index (χ0v) is 13.4. The summed E-state index contributed by atoms with van der Waals surface area (Å²) in [6, 6.07) is 1.52. The Hall–Kier alpha value is -0.880. The minimum Gasteiger partial charge on any atom is -0.344 e. The van der Waals surface area contributed by atoms with E-state index in [0.717, 1.165) is 9.35 Å². The second-order valence-electron chi connectivity index (χ2n) is 4.74. The number of nitrogens with one attached hydrogen (secondary N) is 1. The Morgan fingerprint density at radius 2 is 2.26 bits per heavy atom. The van der Waals surface area contributed by atoms with Crippen LogP contribution in [0.25, 0.3) is 0 Å². The standard InChI is InChI=1S/C13H17BrN2O2S/c1-3-10-13(18)16(8(2)6-12(17)15-10)7-11-9(14)4-5-19-11/h4-5,8,10H,3,6-7H2,1-2H3,(H,15,17). The van der Waals surface area contributed by atoms with Gasteiger partial charge in [0.25, 0.3) is 0 Å². The predicted molar refractivity (Wildman–Crippen MR) is 78.9 cm³/mol. The molecular formula is C13H17BrN2O2S. The number of carbonyl (C=O) groups excluding carboxylic acids is 2. The van der Waals surface area contributed by atoms with Gasteiger partial charge in [-0.05, 0) is 40.7 Å². The zero-order valence-electron chi connectivity index (χ0n) is 11.0. The van der Waals surface area contributed by atoms with Gasteiger partial charge in [-0.25, -0.2) is 0 Å². The van der Waals surface area contributed by atoms with E-state index in [1.54, 1.807) is 11.3 Å². The molecule has 2 rings (SSSR count). The van der Waals surface area contributed by atoms with Crippen molar-refractivity contribution in [3.63, 3.8) is 0 Å². The molecule has 1 saturated heterocycles. The van der Waals surface area contributed by atoms with E-state index >= 15 is 0 Å². The zero-order chi connectivity index (χ0) is 14.0. The van der Waals surface area contributed by atoms with Crippen molar-refractivity contribution < 1.29 is 9.59 Å². The fraction of sp³-hybridized carbons (Fsp3) is 0.538. The van der Waals surface area contributed by atoms with Gasteiger partial charge < -0.3 is 10.2 Å². The third-order valence-electron chi connectivity index (χ3n) is 3.34. The van der Waals surface area contributed by atoms with Crippen LogP contribution in [0.15, 0.2) is 15.9 Å². The van der Waals surface area contributed by atoms with Crippen molar-refractivity contribution in [2.24, 2.45) is 0 Å². The molecule has 0 spiro atoms. The lowest BCUT2D eigenvalue weighted by Crippen LogP contribution is -2.45. The van der Waals surface area contributed by atoms with Gasteiger partial charge in [0, 0.05) is 21.8 Å². The molecule has 19 heavy (non-hydrogen) atoms. The number of hydrogen-bond donors (Lipinski definition) is 1. The number of halogens is 1. The summed E-state index contributed by atoms with van der Waals surface area (Å²) >= 11 is 5.10. The molecule has 104 valence electrons. The van der Waals surface area contributed by atoms with Crippen molar-refractivity contribution in [3.05, 3.63) is 20.8 Å². The van der Waals surface area contributed by atoms with Gasteiger partial charge in [0.1, 0.15) is 6.04 Å². The molecule has 1 N–H and O–H groups in total. The molecule has 0 aromatic carbocycles. The summed E-state index contributed by atoms with van der Waals surface area (Å²) in [5, 5.41) is 4.79. The summed E-state index contributed by atoms with van der Waals surface area (Å²) in [5.41, 5.74) is 0. The Kier molecular flexibility index (Phi) is 4.62. The van der Waals surface area contributed by atoms with Gasteiger partial charge >= 0.3 is 0 Å². The maximum atomic E-state index is 12.5. The molecule has 1 fully saturated rings. The van der Waals surface area contributed by atoms with E-state index in [1.165, 1.54) is 0 Å². The van der Waals surface area contributed by atoms with Crippen molar-refractivity contribution in [2.45, 2.75) is 45.3 Å². The molecule has 1 aromatic heterocycles. The Morgan fingerprint density at radius 3 is 2.84 bits per heavy atom. The normalized spacial score (nSPS) is 24.3. The molecule has 2 atom stereocenters. The molecule has 0 radical (unpaired) electrons. The van der Waals surface area contributed by atoms with Gasteiger partial charge in [-0.2, -0.15) is 0 Å². The number of carbonyl (C=O) groups is 2. The van der Waals surface area contributed by atoms with Crippen LogP contribution in [0.2, 0.25) is 0 Å². The van der Waals surface area contributed by atoms with Gasteiger partial charge in [-0.3, -0.25) is 9.59 Å². The number of thiophene rings is 1. The van der Waals surface area contributed by atoms with E-state index < -0.39 is 6.04 Å². The van der Waals surface area contributed by atoms with Crippen LogP contribution in [0.5, 0.6) is 0 Å². The average molecular weight is 345 g/mol. The molecule has 0 bridgehead atoms. The fourth-order valence-electron chi connectivity index (χ4n) is 2.21. The first-order valence-corrected chi connectivity index (χ1v) is 8.02. The van der Waals surface area contributed by atoms with Crippen LogP contribution >= 0.6 is 27.3 Å². The molecule has 1 aromatic rings. The predicted octanol–water partition coefficient (Wildman–Crippen LogP) is 2.53. The van der Waals surface area contributed by atoms with Crippen molar-refractivity contribution in [1.82, 2.24) is 10.2 Å². The smallest absolute Gasteiger partial charge is 0.245 e. The highest BCUT2D eigenvalue weighted by molar-refractivity contribution is 9.10. The number of amides is 2. The summed E-state index contributed by atoms with van der Waals surface area (Å²) in [7, 11) is 0. The van der Waals surface area contributed by atoms with Crippen molar-refractivity contribution in [1.29, 1.82) is 0 Å². The van der Waals surface area contributed by atoms with Gasteiger partial charge in [0.05, 0.1) is 6.54 Å². The first kappa shape index (κ1) is 14.5. The average Bonchev–Trinajstić information content (AvgIpc) is 2.73. The number of hydrogen-bond acceptors (Lipinski definition) is 3. The van der Waals surface area contributed by atoms with Crippen LogP contribution < -0.4 is 5.32 Å². The molecule has 1 aliphatic rings. The lowest BCUT2D eigenvalue weighted by Gasteiger charge is -2.28. The summed E-state index contributed by atoms with van der Waals surface area (Å²) in [4.78, 5) is 27.1. The van der Waals surface area contributed by atoms with Crippen molar-refractivity contribution >= 4 is 39.1 Å². The third kappa shape index (κ3) is 3.17. The molecule has 4 nitrogen and oxygen atoms in total. The van der Waals surface area contributed by atoms with E-state index in [9.17, 15) is 9.59 Å². The molecule has 1 aliphatic heterocycles. The minimum absolute atomic E-state index is 0.0150. The van der Waals surface area contributed by atoms with Crippen LogP contribution in [0, 0.1) is 0 Å². The molecular weight excluding hydrogens is 328 g/mol. The van der Waals surface area contributed by atoms with Gasteiger partial charge in [0.2, 0.25) is 11.8 Å². The van der Waals surface area contributed by atoms with Crippen LogP contribution in [0.4, 0.5) is 0 Å². The minimum atomic E-state index is -0.392. The van der Waals surface area contributed by atoms with E-state index in [-0.39, 0.29) is 17.9 Å². The molecule has 0 saturated carbocycles. The molecule has 2 unspecified atom stereocenters.